The number of hydrogen-bond acceptors (Lipinski definition) is 5. The number of methoxy groups -OCH3 is 2. The van der Waals surface area contributed by atoms with Crippen molar-refractivity contribution >= 4 is 10.8 Å². The van der Waals surface area contributed by atoms with Crippen LogP contribution in [0.5, 0.6) is 23.0 Å². The molecule has 0 saturated heterocycles. The van der Waals surface area contributed by atoms with Crippen LogP contribution in [0.1, 0.15) is 16.8 Å². The van der Waals surface area contributed by atoms with E-state index in [0.29, 0.717) is 36.0 Å². The maximum absolute atomic E-state index is 12.7. The van der Waals surface area contributed by atoms with Gasteiger partial charge in [-0.3, -0.25) is 4.98 Å². The molecular formula is C27H26FNO4. The second-order valence-corrected chi connectivity index (χ2v) is 7.46. The van der Waals surface area contributed by atoms with Crippen LogP contribution in [0.25, 0.3) is 10.8 Å². The minimum atomic E-state index is -0.570. The molecule has 6 heteroatoms. The van der Waals surface area contributed by atoms with Crippen LogP contribution < -0.4 is 18.9 Å². The van der Waals surface area contributed by atoms with Crippen LogP contribution >= 0.6 is 0 Å². The molecule has 0 radical (unpaired) electrons. The summed E-state index contributed by atoms with van der Waals surface area (Å²) in [7, 11) is 3.20. The predicted octanol–water partition coefficient (Wildman–Crippen LogP) is 5.77. The molecule has 0 fully saturated rings. The summed E-state index contributed by atoms with van der Waals surface area (Å²) in [5.74, 6) is 2.41. The number of aromatic nitrogens is 1. The molecule has 1 aromatic heterocycles. The van der Waals surface area contributed by atoms with E-state index in [-0.39, 0.29) is 6.61 Å². The lowest BCUT2D eigenvalue weighted by Gasteiger charge is -2.14. The predicted molar refractivity (Wildman–Crippen MR) is 126 cm³/mol. The fraction of sp³-hybridized carbons (Fsp3) is 0.222. The Morgan fingerprint density at radius 3 is 2.30 bits per heavy atom. The Labute approximate surface area is 192 Å². The first kappa shape index (κ1) is 22.4. The zero-order valence-electron chi connectivity index (χ0n) is 18.7. The van der Waals surface area contributed by atoms with Crippen molar-refractivity contribution in [2.75, 3.05) is 27.5 Å². The molecule has 0 spiro atoms. The lowest BCUT2D eigenvalue weighted by Crippen LogP contribution is -2.02. The molecule has 0 aliphatic carbocycles. The zero-order chi connectivity index (χ0) is 23.0. The summed E-state index contributed by atoms with van der Waals surface area (Å²) in [5.41, 5.74) is 2.99. The molecule has 33 heavy (non-hydrogen) atoms. The van der Waals surface area contributed by atoms with E-state index in [1.807, 2.05) is 66.7 Å². The number of benzene rings is 3. The minimum Gasteiger partial charge on any atom is -0.493 e. The van der Waals surface area contributed by atoms with Gasteiger partial charge in [-0.15, -0.1) is 0 Å². The standard InChI is InChI=1S/C27H26FNO4/c1-30-25-15-20(8-9-24(25)33-18-19-6-4-3-5-7-19)14-23-22-17-27(32-13-11-28)26(31-2)16-21(22)10-12-29-23/h3-10,12,15-17H,11,13-14,18H2,1-2H3. The van der Waals surface area contributed by atoms with Crippen LogP contribution in [0.3, 0.4) is 0 Å². The summed E-state index contributed by atoms with van der Waals surface area (Å²) in [5, 5.41) is 1.90. The van der Waals surface area contributed by atoms with Gasteiger partial charge in [-0.05, 0) is 46.8 Å². The van der Waals surface area contributed by atoms with Crippen LogP contribution in [0, 0.1) is 0 Å². The van der Waals surface area contributed by atoms with Gasteiger partial charge < -0.3 is 18.9 Å². The minimum absolute atomic E-state index is 0.0287. The Morgan fingerprint density at radius 2 is 1.55 bits per heavy atom. The highest BCUT2D eigenvalue weighted by Crippen LogP contribution is 2.35. The number of halogens is 1. The summed E-state index contributed by atoms with van der Waals surface area (Å²) in [6.45, 7) is -0.135. The number of hydrogen-bond donors (Lipinski definition) is 0. The molecule has 0 atom stereocenters. The molecule has 4 aromatic rings. The van der Waals surface area contributed by atoms with Crippen molar-refractivity contribution in [3.05, 3.63) is 89.7 Å². The van der Waals surface area contributed by atoms with E-state index in [1.165, 1.54) is 0 Å². The second-order valence-electron chi connectivity index (χ2n) is 7.46. The Balaban J connectivity index is 1.59. The first-order valence-corrected chi connectivity index (χ1v) is 10.7. The molecule has 0 aliphatic heterocycles. The van der Waals surface area contributed by atoms with E-state index in [0.717, 1.165) is 27.6 Å². The van der Waals surface area contributed by atoms with Crippen LogP contribution in [0.2, 0.25) is 0 Å². The summed E-state index contributed by atoms with van der Waals surface area (Å²) < 4.78 is 35.1. The van der Waals surface area contributed by atoms with Gasteiger partial charge in [0.25, 0.3) is 0 Å². The quantitative estimate of drug-likeness (QED) is 0.309. The Kier molecular flexibility index (Phi) is 7.25. The van der Waals surface area contributed by atoms with Gasteiger partial charge in [-0.25, -0.2) is 4.39 Å². The van der Waals surface area contributed by atoms with Gasteiger partial charge in [0, 0.05) is 18.0 Å². The number of nitrogens with zero attached hydrogens (tertiary/aromatic N) is 1. The molecule has 5 nitrogen and oxygen atoms in total. The highest BCUT2D eigenvalue weighted by Gasteiger charge is 2.13. The van der Waals surface area contributed by atoms with Gasteiger partial charge >= 0.3 is 0 Å². The van der Waals surface area contributed by atoms with Gasteiger partial charge in [0.1, 0.15) is 19.9 Å². The zero-order valence-corrected chi connectivity index (χ0v) is 18.7. The van der Waals surface area contributed by atoms with E-state index in [4.69, 9.17) is 18.9 Å². The number of fused-ring (bicyclic) bond motifs is 1. The van der Waals surface area contributed by atoms with E-state index in [2.05, 4.69) is 4.98 Å². The molecule has 1 heterocycles. The largest absolute Gasteiger partial charge is 0.493 e. The third kappa shape index (κ3) is 5.34. The Hall–Kier alpha value is -3.80. The van der Waals surface area contributed by atoms with Gasteiger partial charge in [0.05, 0.1) is 19.9 Å². The molecule has 4 rings (SSSR count). The van der Waals surface area contributed by atoms with Gasteiger partial charge in [-0.2, -0.15) is 0 Å². The third-order valence-corrected chi connectivity index (χ3v) is 5.30. The molecule has 170 valence electrons. The molecule has 0 unspecified atom stereocenters. The lowest BCUT2D eigenvalue weighted by atomic mass is 10.0. The number of pyridine rings is 1. The molecule has 0 amide bonds. The number of rotatable bonds is 10. The van der Waals surface area contributed by atoms with Crippen molar-refractivity contribution in [1.82, 2.24) is 4.98 Å². The topological polar surface area (TPSA) is 49.8 Å². The molecular weight excluding hydrogens is 421 g/mol. The van der Waals surface area contributed by atoms with E-state index >= 15 is 0 Å². The van der Waals surface area contributed by atoms with Gasteiger partial charge in [-0.1, -0.05) is 36.4 Å². The maximum atomic E-state index is 12.7. The highest BCUT2D eigenvalue weighted by molar-refractivity contribution is 5.88. The first-order chi connectivity index (χ1) is 16.2. The number of ether oxygens (including phenoxy) is 4. The maximum Gasteiger partial charge on any atom is 0.161 e. The van der Waals surface area contributed by atoms with E-state index in [9.17, 15) is 4.39 Å². The summed E-state index contributed by atoms with van der Waals surface area (Å²) in [6, 6.07) is 21.5. The molecule has 0 aliphatic rings. The van der Waals surface area contributed by atoms with Crippen molar-refractivity contribution < 1.29 is 23.3 Å². The Bertz CT molecular complexity index is 1210. The smallest absolute Gasteiger partial charge is 0.161 e. The summed E-state index contributed by atoms with van der Waals surface area (Å²) >= 11 is 0. The Morgan fingerprint density at radius 1 is 0.758 bits per heavy atom. The van der Waals surface area contributed by atoms with Crippen LogP contribution in [-0.4, -0.2) is 32.5 Å². The molecule has 0 saturated carbocycles. The number of alkyl halides is 1. The second kappa shape index (κ2) is 10.7. The average molecular weight is 448 g/mol. The van der Waals surface area contributed by atoms with Crippen molar-refractivity contribution in [2.45, 2.75) is 13.0 Å². The van der Waals surface area contributed by atoms with Crippen molar-refractivity contribution in [2.24, 2.45) is 0 Å². The molecule has 0 bridgehead atoms. The molecule has 0 N–H and O–H groups in total. The van der Waals surface area contributed by atoms with Crippen LogP contribution in [0.15, 0.2) is 72.9 Å². The first-order valence-electron chi connectivity index (χ1n) is 10.7. The fourth-order valence-electron chi connectivity index (χ4n) is 3.67. The van der Waals surface area contributed by atoms with Crippen molar-refractivity contribution in [3.63, 3.8) is 0 Å². The normalized spacial score (nSPS) is 10.8. The SMILES string of the molecule is COc1cc2ccnc(Cc3ccc(OCc4ccccc4)c(OC)c3)c2cc1OCCF. The summed E-state index contributed by atoms with van der Waals surface area (Å²) in [4.78, 5) is 4.59. The highest BCUT2D eigenvalue weighted by atomic mass is 19.1. The fourth-order valence-corrected chi connectivity index (χ4v) is 3.67. The van der Waals surface area contributed by atoms with Crippen molar-refractivity contribution in [3.8, 4) is 23.0 Å². The summed E-state index contributed by atoms with van der Waals surface area (Å²) in [6.07, 6.45) is 2.36. The van der Waals surface area contributed by atoms with Gasteiger partial charge in [0.2, 0.25) is 0 Å². The van der Waals surface area contributed by atoms with Crippen LogP contribution in [-0.2, 0) is 13.0 Å². The van der Waals surface area contributed by atoms with Gasteiger partial charge in [0.15, 0.2) is 23.0 Å². The van der Waals surface area contributed by atoms with Crippen LogP contribution in [0.4, 0.5) is 4.39 Å². The lowest BCUT2D eigenvalue weighted by molar-refractivity contribution is 0.260. The third-order valence-electron chi connectivity index (χ3n) is 5.30. The van der Waals surface area contributed by atoms with E-state index < -0.39 is 6.67 Å². The monoisotopic (exact) mass is 447 g/mol. The average Bonchev–Trinajstić information content (AvgIpc) is 2.86. The van der Waals surface area contributed by atoms with Crippen molar-refractivity contribution in [1.29, 1.82) is 0 Å². The van der Waals surface area contributed by atoms with E-state index in [1.54, 1.807) is 20.4 Å². The molecule has 3 aromatic carbocycles.